The molecule has 0 fully saturated rings. The number of hydrogen-bond donors (Lipinski definition) is 1. The Hall–Kier alpha value is 0.218. The molecule has 0 aliphatic carbocycles. The van der Waals surface area contributed by atoms with Crippen LogP contribution in [0.4, 0.5) is 5.82 Å². The number of aromatic nitrogens is 1. The van der Waals surface area contributed by atoms with E-state index in [1.54, 1.807) is 6.20 Å². The normalized spacial score (nSPS) is 8.64. The van der Waals surface area contributed by atoms with E-state index in [0.29, 0.717) is 5.82 Å². The molecule has 0 bridgehead atoms. The molecule has 0 aromatic carbocycles. The molecule has 1 rings (SSSR count). The van der Waals surface area contributed by atoms with Crippen molar-refractivity contribution in [2.24, 2.45) is 0 Å². The first-order valence-electron chi connectivity index (χ1n) is 2.71. The molecule has 0 aliphatic heterocycles. The SMILES string of the molecule is Cc1cccnc1N.[Cl][Pt][Cl]. The van der Waals surface area contributed by atoms with Gasteiger partial charge in [0.1, 0.15) is 5.82 Å². The molecule has 1 heterocycles. The molecular formula is C6H8Cl2N2Pt. The molecule has 2 N–H and O–H groups in total. The van der Waals surface area contributed by atoms with E-state index in [0.717, 1.165) is 5.56 Å². The first kappa shape index (κ1) is 11.2. The van der Waals surface area contributed by atoms with Crippen molar-refractivity contribution in [1.82, 2.24) is 4.98 Å². The van der Waals surface area contributed by atoms with Gasteiger partial charge in [-0.15, -0.1) is 0 Å². The number of pyridine rings is 1. The summed E-state index contributed by atoms with van der Waals surface area (Å²) in [5, 5.41) is 0. The van der Waals surface area contributed by atoms with E-state index < -0.39 is 16.5 Å². The Kier molecular flexibility index (Phi) is 7.04. The fourth-order valence-electron chi connectivity index (χ4n) is 0.498. The van der Waals surface area contributed by atoms with E-state index in [-0.39, 0.29) is 0 Å². The number of hydrogen-bond acceptors (Lipinski definition) is 2. The monoisotopic (exact) mass is 373 g/mol. The second kappa shape index (κ2) is 6.90. The quantitative estimate of drug-likeness (QED) is 0.758. The van der Waals surface area contributed by atoms with Crippen molar-refractivity contribution >= 4 is 24.7 Å². The van der Waals surface area contributed by atoms with Crippen LogP contribution in [0.5, 0.6) is 0 Å². The van der Waals surface area contributed by atoms with Gasteiger partial charge in [-0.1, -0.05) is 6.07 Å². The van der Waals surface area contributed by atoms with Gasteiger partial charge in [0.05, 0.1) is 0 Å². The Labute approximate surface area is 82.5 Å². The van der Waals surface area contributed by atoms with Crippen LogP contribution in [0.3, 0.4) is 0 Å². The van der Waals surface area contributed by atoms with Crippen LogP contribution in [0.1, 0.15) is 5.56 Å². The molecule has 66 valence electrons. The Morgan fingerprint density at radius 3 is 2.36 bits per heavy atom. The zero-order valence-corrected chi connectivity index (χ0v) is 9.61. The van der Waals surface area contributed by atoms with Crippen LogP contribution in [0.2, 0.25) is 0 Å². The van der Waals surface area contributed by atoms with E-state index >= 15 is 0 Å². The first-order valence-corrected chi connectivity index (χ1v) is 8.35. The third kappa shape index (κ3) is 5.48. The topological polar surface area (TPSA) is 38.9 Å². The Balaban J connectivity index is 0.000000292. The van der Waals surface area contributed by atoms with Gasteiger partial charge in [-0.05, 0) is 18.6 Å². The number of aryl methyl sites for hydroxylation is 1. The van der Waals surface area contributed by atoms with Crippen LogP contribution in [0, 0.1) is 6.92 Å². The molecule has 11 heavy (non-hydrogen) atoms. The first-order chi connectivity index (χ1) is 5.22. The summed E-state index contributed by atoms with van der Waals surface area (Å²) in [5.74, 6) is 0.618. The molecule has 2 nitrogen and oxygen atoms in total. The summed E-state index contributed by atoms with van der Waals surface area (Å²) in [7, 11) is 9.75. The third-order valence-electron chi connectivity index (χ3n) is 1.05. The number of anilines is 1. The standard InChI is InChI=1S/C6H8N2.2ClH.Pt/c1-5-3-2-4-8-6(5)7;;;/h2-4H,1H3,(H2,7,8);2*1H;/q;;;+2/p-2. The summed E-state index contributed by atoms with van der Waals surface area (Å²) >= 11 is -0.472. The predicted molar refractivity (Wildman–Crippen MR) is 45.1 cm³/mol. The van der Waals surface area contributed by atoms with Gasteiger partial charge in [0.25, 0.3) is 0 Å². The van der Waals surface area contributed by atoms with Crippen LogP contribution in [-0.4, -0.2) is 4.98 Å². The summed E-state index contributed by atoms with van der Waals surface area (Å²) in [6, 6.07) is 3.80. The number of rotatable bonds is 0. The van der Waals surface area contributed by atoms with Crippen LogP contribution in [0.15, 0.2) is 18.3 Å². The van der Waals surface area contributed by atoms with Gasteiger partial charge < -0.3 is 5.73 Å². The van der Waals surface area contributed by atoms with E-state index in [4.69, 9.17) is 24.6 Å². The molecule has 0 saturated heterocycles. The van der Waals surface area contributed by atoms with Crippen molar-refractivity contribution < 1.29 is 16.5 Å². The summed E-state index contributed by atoms with van der Waals surface area (Å²) in [5.41, 5.74) is 6.44. The summed E-state index contributed by atoms with van der Waals surface area (Å²) in [4.78, 5) is 3.86. The van der Waals surface area contributed by atoms with Crippen LogP contribution < -0.4 is 5.73 Å². The van der Waals surface area contributed by atoms with E-state index in [1.165, 1.54) is 0 Å². The van der Waals surface area contributed by atoms with Crippen molar-refractivity contribution in [3.05, 3.63) is 23.9 Å². The third-order valence-corrected chi connectivity index (χ3v) is 1.05. The maximum atomic E-state index is 5.41. The van der Waals surface area contributed by atoms with Gasteiger partial charge in [-0.3, -0.25) is 0 Å². The maximum absolute atomic E-state index is 5.41. The minimum atomic E-state index is -0.472. The van der Waals surface area contributed by atoms with Crippen LogP contribution in [-0.2, 0) is 16.5 Å². The van der Waals surface area contributed by atoms with Crippen LogP contribution in [0.25, 0.3) is 0 Å². The van der Waals surface area contributed by atoms with Gasteiger partial charge in [0.2, 0.25) is 0 Å². The van der Waals surface area contributed by atoms with Crippen molar-refractivity contribution in [3.8, 4) is 0 Å². The molecule has 0 aliphatic rings. The fraction of sp³-hybridized carbons (Fsp3) is 0.167. The van der Waals surface area contributed by atoms with E-state index in [9.17, 15) is 0 Å². The zero-order valence-electron chi connectivity index (χ0n) is 5.83. The Morgan fingerprint density at radius 2 is 2.09 bits per heavy atom. The molecule has 1 aromatic heterocycles. The molecule has 0 spiro atoms. The minimum absolute atomic E-state index is 0.472. The predicted octanol–water partition coefficient (Wildman–Crippen LogP) is 2.35. The molecule has 0 saturated carbocycles. The summed E-state index contributed by atoms with van der Waals surface area (Å²) < 4.78 is 0. The van der Waals surface area contributed by atoms with Crippen molar-refractivity contribution in [2.75, 3.05) is 5.73 Å². The molecule has 0 unspecified atom stereocenters. The molecular weight excluding hydrogens is 366 g/mol. The molecule has 0 amide bonds. The number of nitrogens with zero attached hydrogens (tertiary/aromatic N) is 1. The molecule has 0 radical (unpaired) electrons. The fourth-order valence-corrected chi connectivity index (χ4v) is 0.498. The Morgan fingerprint density at radius 1 is 1.55 bits per heavy atom. The van der Waals surface area contributed by atoms with E-state index in [1.807, 2.05) is 19.1 Å². The summed E-state index contributed by atoms with van der Waals surface area (Å²) in [6.45, 7) is 1.93. The van der Waals surface area contributed by atoms with Gasteiger partial charge in [-0.2, -0.15) is 0 Å². The van der Waals surface area contributed by atoms with Crippen molar-refractivity contribution in [3.63, 3.8) is 0 Å². The van der Waals surface area contributed by atoms with Gasteiger partial charge >= 0.3 is 35.3 Å². The van der Waals surface area contributed by atoms with Gasteiger partial charge in [-0.25, -0.2) is 4.98 Å². The average Bonchev–Trinajstić information content (AvgIpc) is 1.97. The van der Waals surface area contributed by atoms with Crippen molar-refractivity contribution in [1.29, 1.82) is 0 Å². The number of nitrogen functional groups attached to an aromatic ring is 1. The number of nitrogens with two attached hydrogens (primary N) is 1. The zero-order chi connectivity index (χ0) is 8.69. The second-order valence-corrected chi connectivity index (χ2v) is 5.03. The summed E-state index contributed by atoms with van der Waals surface area (Å²) in [6.07, 6.45) is 1.68. The average molecular weight is 374 g/mol. The second-order valence-electron chi connectivity index (χ2n) is 1.75. The molecule has 5 heteroatoms. The van der Waals surface area contributed by atoms with Crippen LogP contribution >= 0.6 is 18.8 Å². The Bertz CT molecular complexity index is 187. The van der Waals surface area contributed by atoms with Gasteiger partial charge in [0.15, 0.2) is 0 Å². The molecule has 0 atom stereocenters. The molecule has 1 aromatic rings. The van der Waals surface area contributed by atoms with Gasteiger partial charge in [0, 0.05) is 6.20 Å². The van der Waals surface area contributed by atoms with Crippen molar-refractivity contribution in [2.45, 2.75) is 6.92 Å². The number of halogens is 2. The van der Waals surface area contributed by atoms with E-state index in [2.05, 4.69) is 4.98 Å².